The molecule has 0 rings (SSSR count). The van der Waals surface area contributed by atoms with Crippen LogP contribution >= 0.6 is 0 Å². The van der Waals surface area contributed by atoms with E-state index in [4.69, 9.17) is 16.6 Å². The molecular weight excluding hydrogens is 108 g/mol. The van der Waals surface area contributed by atoms with Gasteiger partial charge in [-0.3, -0.25) is 0 Å². The van der Waals surface area contributed by atoms with Crippen molar-refractivity contribution >= 4 is 0 Å². The van der Waals surface area contributed by atoms with Crippen LogP contribution in [0, 0.1) is 0 Å². The number of rotatable bonds is 3. The second kappa shape index (κ2) is 6.84. The van der Waals surface area contributed by atoms with E-state index in [9.17, 15) is 0 Å². The number of aliphatic hydroxyl groups is 1. The van der Waals surface area contributed by atoms with Crippen LogP contribution in [0.25, 0.3) is 0 Å². The van der Waals surface area contributed by atoms with Crippen LogP contribution in [0.2, 0.25) is 0 Å². The zero-order valence-corrected chi connectivity index (χ0v) is 4.80. The van der Waals surface area contributed by atoms with E-state index in [1.807, 2.05) is 0 Å². The van der Waals surface area contributed by atoms with E-state index < -0.39 is 6.10 Å². The second-order valence-electron chi connectivity index (χ2n) is 1.47. The topological polar surface area (TPSA) is 104 Å². The molecule has 0 fully saturated rings. The van der Waals surface area contributed by atoms with Crippen LogP contribution < -0.4 is 11.5 Å². The molecule has 0 saturated heterocycles. The van der Waals surface area contributed by atoms with Gasteiger partial charge in [-0.25, -0.2) is 0 Å². The minimum absolute atomic E-state index is 0. The molecule has 0 spiro atoms. The highest BCUT2D eigenvalue weighted by Gasteiger charge is 1.95. The molecular formula is C4H14N2O2. The fourth-order valence-electron chi connectivity index (χ4n) is 0.310. The minimum atomic E-state index is -0.398. The molecule has 8 heavy (non-hydrogen) atoms. The molecule has 0 aromatic heterocycles. The summed E-state index contributed by atoms with van der Waals surface area (Å²) in [5, 5.41) is 8.65. The SMILES string of the molecule is NCCC(O)CN.O. The zero-order chi connectivity index (χ0) is 5.70. The van der Waals surface area contributed by atoms with E-state index in [0.717, 1.165) is 0 Å². The van der Waals surface area contributed by atoms with Gasteiger partial charge in [0.25, 0.3) is 0 Å². The summed E-state index contributed by atoms with van der Waals surface area (Å²) in [4.78, 5) is 0. The Kier molecular flexibility index (Phi) is 9.20. The molecule has 0 bridgehead atoms. The normalized spacial score (nSPS) is 12.4. The first-order valence-corrected chi connectivity index (χ1v) is 2.39. The molecule has 0 heterocycles. The second-order valence-corrected chi connectivity index (χ2v) is 1.47. The summed E-state index contributed by atoms with van der Waals surface area (Å²) in [5.41, 5.74) is 10.1. The average molecular weight is 122 g/mol. The fourth-order valence-corrected chi connectivity index (χ4v) is 0.310. The third kappa shape index (κ3) is 5.84. The summed E-state index contributed by atoms with van der Waals surface area (Å²) in [6.45, 7) is 0.829. The number of nitrogens with two attached hydrogens (primary N) is 2. The van der Waals surface area contributed by atoms with Gasteiger partial charge in [-0.2, -0.15) is 0 Å². The van der Waals surface area contributed by atoms with Gasteiger partial charge in [0.1, 0.15) is 0 Å². The lowest BCUT2D eigenvalue weighted by molar-refractivity contribution is 0.175. The smallest absolute Gasteiger partial charge is 0.0674 e. The lowest BCUT2D eigenvalue weighted by Crippen LogP contribution is -2.22. The van der Waals surface area contributed by atoms with Crippen LogP contribution in [0.3, 0.4) is 0 Å². The number of hydrogen-bond donors (Lipinski definition) is 3. The first-order valence-electron chi connectivity index (χ1n) is 2.39. The highest BCUT2D eigenvalue weighted by molar-refractivity contribution is 4.53. The van der Waals surface area contributed by atoms with Crippen LogP contribution in [0.1, 0.15) is 6.42 Å². The van der Waals surface area contributed by atoms with Gasteiger partial charge in [0.05, 0.1) is 6.10 Å². The first-order chi connectivity index (χ1) is 3.31. The van der Waals surface area contributed by atoms with Crippen LogP contribution in [0.5, 0.6) is 0 Å². The van der Waals surface area contributed by atoms with Gasteiger partial charge in [-0.15, -0.1) is 0 Å². The van der Waals surface area contributed by atoms with Crippen molar-refractivity contribution in [3.63, 3.8) is 0 Å². The maximum atomic E-state index is 8.65. The Hall–Kier alpha value is -0.160. The van der Waals surface area contributed by atoms with Crippen molar-refractivity contribution in [2.75, 3.05) is 13.1 Å². The average Bonchev–Trinajstić information content (AvgIpc) is 1.68. The molecule has 1 unspecified atom stereocenters. The van der Waals surface area contributed by atoms with Crippen LogP contribution in [-0.2, 0) is 0 Å². The van der Waals surface area contributed by atoms with Gasteiger partial charge >= 0.3 is 0 Å². The number of aliphatic hydroxyl groups excluding tert-OH is 1. The van der Waals surface area contributed by atoms with Crippen molar-refractivity contribution in [1.29, 1.82) is 0 Å². The highest BCUT2D eigenvalue weighted by atomic mass is 16.3. The Labute approximate surface area is 48.8 Å². The largest absolute Gasteiger partial charge is 0.412 e. The quantitative estimate of drug-likeness (QED) is 0.396. The molecule has 0 saturated carbocycles. The summed E-state index contributed by atoms with van der Waals surface area (Å²) in [7, 11) is 0. The highest BCUT2D eigenvalue weighted by Crippen LogP contribution is 1.81. The predicted molar refractivity (Wildman–Crippen MR) is 32.3 cm³/mol. The van der Waals surface area contributed by atoms with Gasteiger partial charge in [-0.05, 0) is 13.0 Å². The van der Waals surface area contributed by atoms with E-state index in [1.54, 1.807) is 0 Å². The zero-order valence-electron chi connectivity index (χ0n) is 4.80. The molecule has 0 aromatic carbocycles. The summed E-state index contributed by atoms with van der Waals surface area (Å²) in [6, 6.07) is 0. The monoisotopic (exact) mass is 122 g/mol. The fraction of sp³-hybridized carbons (Fsp3) is 1.00. The lowest BCUT2D eigenvalue weighted by Gasteiger charge is -2.01. The van der Waals surface area contributed by atoms with Gasteiger partial charge in [0.15, 0.2) is 0 Å². The Morgan fingerprint density at radius 3 is 2.00 bits per heavy atom. The Bertz CT molecular complexity index is 43.0. The Morgan fingerprint density at radius 1 is 1.38 bits per heavy atom. The summed E-state index contributed by atoms with van der Waals surface area (Å²) in [5.74, 6) is 0. The minimum Gasteiger partial charge on any atom is -0.412 e. The Balaban J connectivity index is 0. The summed E-state index contributed by atoms with van der Waals surface area (Å²) >= 11 is 0. The molecule has 0 radical (unpaired) electrons. The van der Waals surface area contributed by atoms with Crippen LogP contribution in [-0.4, -0.2) is 29.8 Å². The number of hydrogen-bond acceptors (Lipinski definition) is 3. The predicted octanol–water partition coefficient (Wildman–Crippen LogP) is -2.17. The van der Waals surface area contributed by atoms with E-state index in [0.29, 0.717) is 19.5 Å². The molecule has 52 valence electrons. The summed E-state index contributed by atoms with van der Waals surface area (Å²) < 4.78 is 0. The molecule has 0 aliphatic rings. The van der Waals surface area contributed by atoms with Crippen molar-refractivity contribution < 1.29 is 10.6 Å². The summed E-state index contributed by atoms with van der Waals surface area (Å²) in [6.07, 6.45) is 0.209. The molecule has 0 amide bonds. The van der Waals surface area contributed by atoms with Crippen LogP contribution in [0.4, 0.5) is 0 Å². The standard InChI is InChI=1S/C4H12N2O.H2O/c5-2-1-4(7)3-6;/h4,7H,1-3,5-6H2;1H2. The maximum absolute atomic E-state index is 8.65. The van der Waals surface area contributed by atoms with Gasteiger partial charge < -0.3 is 22.1 Å². The van der Waals surface area contributed by atoms with Crippen molar-refractivity contribution in [2.45, 2.75) is 12.5 Å². The van der Waals surface area contributed by atoms with Crippen LogP contribution in [0.15, 0.2) is 0 Å². The maximum Gasteiger partial charge on any atom is 0.0674 e. The molecule has 7 N–H and O–H groups in total. The molecule has 0 aliphatic carbocycles. The molecule has 4 nitrogen and oxygen atoms in total. The van der Waals surface area contributed by atoms with Crippen molar-refractivity contribution in [3.8, 4) is 0 Å². The molecule has 1 atom stereocenters. The van der Waals surface area contributed by atoms with Gasteiger partial charge in [0.2, 0.25) is 0 Å². The third-order valence-electron chi connectivity index (χ3n) is 0.772. The van der Waals surface area contributed by atoms with Crippen molar-refractivity contribution in [2.24, 2.45) is 11.5 Å². The van der Waals surface area contributed by atoms with E-state index >= 15 is 0 Å². The van der Waals surface area contributed by atoms with E-state index in [-0.39, 0.29) is 5.48 Å². The van der Waals surface area contributed by atoms with Gasteiger partial charge in [-0.1, -0.05) is 0 Å². The molecule has 4 heteroatoms. The lowest BCUT2D eigenvalue weighted by atomic mass is 10.3. The molecule has 0 aliphatic heterocycles. The third-order valence-corrected chi connectivity index (χ3v) is 0.772. The Morgan fingerprint density at radius 2 is 1.88 bits per heavy atom. The first kappa shape index (κ1) is 10.8. The van der Waals surface area contributed by atoms with E-state index in [2.05, 4.69) is 0 Å². The van der Waals surface area contributed by atoms with Crippen molar-refractivity contribution in [1.82, 2.24) is 0 Å². The molecule has 0 aromatic rings. The van der Waals surface area contributed by atoms with E-state index in [1.165, 1.54) is 0 Å². The van der Waals surface area contributed by atoms with Gasteiger partial charge in [0, 0.05) is 6.54 Å². The van der Waals surface area contributed by atoms with Crippen molar-refractivity contribution in [3.05, 3.63) is 0 Å².